The summed E-state index contributed by atoms with van der Waals surface area (Å²) in [4.78, 5) is 14.8. The molecule has 0 bridgehead atoms. The SMILES string of the molecule is COCCc1nsc(Oc2cccc(C)c2[N+](=O)[O-])n1. The Hall–Kier alpha value is -2.06. The third-order valence-electron chi connectivity index (χ3n) is 2.56. The molecule has 1 aromatic carbocycles. The number of nitro benzene ring substituents is 1. The summed E-state index contributed by atoms with van der Waals surface area (Å²) < 4.78 is 14.5. The van der Waals surface area contributed by atoms with Crippen molar-refractivity contribution in [2.24, 2.45) is 0 Å². The Bertz CT molecular complexity index is 614. The van der Waals surface area contributed by atoms with E-state index in [0.717, 1.165) is 11.5 Å². The highest BCUT2D eigenvalue weighted by molar-refractivity contribution is 7.07. The number of benzene rings is 1. The first kappa shape index (κ1) is 14.4. The maximum atomic E-state index is 11.1. The van der Waals surface area contributed by atoms with E-state index in [1.807, 2.05) is 0 Å². The first-order chi connectivity index (χ1) is 9.61. The van der Waals surface area contributed by atoms with Crippen LogP contribution in [0.25, 0.3) is 0 Å². The Morgan fingerprint density at radius 2 is 2.25 bits per heavy atom. The third kappa shape index (κ3) is 3.28. The van der Waals surface area contributed by atoms with Gasteiger partial charge in [-0.2, -0.15) is 9.36 Å². The van der Waals surface area contributed by atoms with Gasteiger partial charge in [0.05, 0.1) is 11.5 Å². The van der Waals surface area contributed by atoms with Gasteiger partial charge in [0.1, 0.15) is 5.82 Å². The number of hydrogen-bond acceptors (Lipinski definition) is 7. The molecule has 7 nitrogen and oxygen atoms in total. The molecular weight excluding hydrogens is 282 g/mol. The van der Waals surface area contributed by atoms with E-state index in [0.29, 0.717) is 24.4 Å². The molecule has 8 heteroatoms. The second-order valence-corrected chi connectivity index (χ2v) is 4.71. The van der Waals surface area contributed by atoms with Crippen molar-refractivity contribution in [3.8, 4) is 10.9 Å². The molecular formula is C12H13N3O4S. The zero-order chi connectivity index (χ0) is 14.5. The van der Waals surface area contributed by atoms with Crippen LogP contribution in [0.2, 0.25) is 0 Å². The molecule has 2 aromatic rings. The quantitative estimate of drug-likeness (QED) is 0.601. The summed E-state index contributed by atoms with van der Waals surface area (Å²) in [5.74, 6) is 0.770. The van der Waals surface area contributed by atoms with Crippen molar-refractivity contribution >= 4 is 17.2 Å². The number of aryl methyl sites for hydroxylation is 1. The van der Waals surface area contributed by atoms with E-state index in [1.54, 1.807) is 32.2 Å². The van der Waals surface area contributed by atoms with E-state index >= 15 is 0 Å². The van der Waals surface area contributed by atoms with Gasteiger partial charge in [0.25, 0.3) is 5.19 Å². The van der Waals surface area contributed by atoms with Crippen LogP contribution in [0.3, 0.4) is 0 Å². The van der Waals surface area contributed by atoms with Gasteiger partial charge in [-0.05, 0) is 13.0 Å². The molecule has 0 N–H and O–H groups in total. The topological polar surface area (TPSA) is 87.4 Å². The summed E-state index contributed by atoms with van der Waals surface area (Å²) in [6.45, 7) is 2.18. The Morgan fingerprint density at radius 1 is 1.45 bits per heavy atom. The second kappa shape index (κ2) is 6.40. The molecule has 0 aliphatic heterocycles. The highest BCUT2D eigenvalue weighted by atomic mass is 32.1. The lowest BCUT2D eigenvalue weighted by Gasteiger charge is -2.04. The van der Waals surface area contributed by atoms with Gasteiger partial charge < -0.3 is 9.47 Å². The number of aromatic nitrogens is 2. The lowest BCUT2D eigenvalue weighted by molar-refractivity contribution is -0.386. The largest absolute Gasteiger partial charge is 0.422 e. The van der Waals surface area contributed by atoms with Crippen LogP contribution in [0.4, 0.5) is 5.69 Å². The summed E-state index contributed by atoms with van der Waals surface area (Å²) in [6.07, 6.45) is 0.576. The Labute approximate surface area is 119 Å². The van der Waals surface area contributed by atoms with Crippen LogP contribution < -0.4 is 4.74 Å². The number of nitro groups is 1. The van der Waals surface area contributed by atoms with Crippen molar-refractivity contribution in [3.63, 3.8) is 0 Å². The van der Waals surface area contributed by atoms with Gasteiger partial charge >= 0.3 is 5.69 Å². The van der Waals surface area contributed by atoms with Gasteiger partial charge in [0.15, 0.2) is 0 Å². The minimum absolute atomic E-state index is 0.0545. The summed E-state index contributed by atoms with van der Waals surface area (Å²) >= 11 is 1.06. The summed E-state index contributed by atoms with van der Waals surface area (Å²) in [6, 6.07) is 4.90. The molecule has 0 aliphatic rings. The molecule has 0 unspecified atom stereocenters. The first-order valence-corrected chi connectivity index (χ1v) is 6.62. The van der Waals surface area contributed by atoms with Crippen molar-refractivity contribution in [1.82, 2.24) is 9.36 Å². The number of methoxy groups -OCH3 is 1. The van der Waals surface area contributed by atoms with Gasteiger partial charge in [-0.25, -0.2) is 0 Å². The zero-order valence-electron chi connectivity index (χ0n) is 11.0. The Kier molecular flexibility index (Phi) is 4.59. The molecule has 2 rings (SSSR count). The monoisotopic (exact) mass is 295 g/mol. The molecule has 1 heterocycles. The molecule has 0 spiro atoms. The van der Waals surface area contributed by atoms with Crippen LogP contribution in [0, 0.1) is 17.0 Å². The summed E-state index contributed by atoms with van der Waals surface area (Å²) in [5.41, 5.74) is 0.484. The lowest BCUT2D eigenvalue weighted by atomic mass is 10.2. The minimum atomic E-state index is -0.461. The fourth-order valence-corrected chi connectivity index (χ4v) is 2.21. The number of para-hydroxylation sites is 1. The van der Waals surface area contributed by atoms with Crippen molar-refractivity contribution in [1.29, 1.82) is 0 Å². The summed E-state index contributed by atoms with van der Waals surface area (Å²) in [5, 5.41) is 11.3. The van der Waals surface area contributed by atoms with Gasteiger partial charge in [-0.15, -0.1) is 0 Å². The average molecular weight is 295 g/mol. The molecule has 0 saturated heterocycles. The second-order valence-electron chi connectivity index (χ2n) is 4.00. The summed E-state index contributed by atoms with van der Waals surface area (Å²) in [7, 11) is 1.60. The highest BCUT2D eigenvalue weighted by Gasteiger charge is 2.20. The van der Waals surface area contributed by atoms with Crippen molar-refractivity contribution in [2.75, 3.05) is 13.7 Å². The average Bonchev–Trinajstić information content (AvgIpc) is 2.83. The van der Waals surface area contributed by atoms with Crippen LogP contribution >= 0.6 is 11.5 Å². The van der Waals surface area contributed by atoms with Gasteiger partial charge in [0.2, 0.25) is 5.75 Å². The Morgan fingerprint density at radius 3 is 2.95 bits per heavy atom. The number of hydrogen-bond donors (Lipinski definition) is 0. The molecule has 0 fully saturated rings. The molecule has 0 amide bonds. The number of rotatable bonds is 6. The van der Waals surface area contributed by atoms with E-state index in [-0.39, 0.29) is 16.6 Å². The predicted molar refractivity (Wildman–Crippen MR) is 73.4 cm³/mol. The van der Waals surface area contributed by atoms with Crippen molar-refractivity contribution < 1.29 is 14.4 Å². The smallest absolute Gasteiger partial charge is 0.314 e. The maximum absolute atomic E-state index is 11.1. The first-order valence-electron chi connectivity index (χ1n) is 5.85. The molecule has 0 radical (unpaired) electrons. The molecule has 106 valence electrons. The number of nitrogens with zero attached hydrogens (tertiary/aromatic N) is 3. The highest BCUT2D eigenvalue weighted by Crippen LogP contribution is 2.34. The standard InChI is InChI=1S/C12H13N3O4S/c1-8-4-3-5-9(11(8)15(16)17)19-12-13-10(14-20-12)6-7-18-2/h3-5H,6-7H2,1-2H3. The fourth-order valence-electron chi connectivity index (χ4n) is 1.62. The normalized spacial score (nSPS) is 10.5. The molecule has 0 saturated carbocycles. The maximum Gasteiger partial charge on any atom is 0.314 e. The van der Waals surface area contributed by atoms with Crippen LogP contribution in [0.15, 0.2) is 18.2 Å². The molecule has 0 aliphatic carbocycles. The molecule has 1 aromatic heterocycles. The van der Waals surface area contributed by atoms with Crippen LogP contribution in [-0.4, -0.2) is 28.0 Å². The molecule has 0 atom stereocenters. The van der Waals surface area contributed by atoms with Gasteiger partial charge in [-0.3, -0.25) is 10.1 Å². The number of ether oxygens (including phenoxy) is 2. The predicted octanol–water partition coefficient (Wildman–Crippen LogP) is 2.74. The van der Waals surface area contributed by atoms with Crippen LogP contribution in [0.5, 0.6) is 10.9 Å². The van der Waals surface area contributed by atoms with E-state index in [9.17, 15) is 10.1 Å². The van der Waals surface area contributed by atoms with Crippen molar-refractivity contribution in [3.05, 3.63) is 39.7 Å². The van der Waals surface area contributed by atoms with Gasteiger partial charge in [0, 0.05) is 30.6 Å². The van der Waals surface area contributed by atoms with Crippen LogP contribution in [0.1, 0.15) is 11.4 Å². The third-order valence-corrected chi connectivity index (χ3v) is 3.19. The van der Waals surface area contributed by atoms with Gasteiger partial charge in [-0.1, -0.05) is 12.1 Å². The van der Waals surface area contributed by atoms with Crippen LogP contribution in [-0.2, 0) is 11.2 Å². The minimum Gasteiger partial charge on any atom is -0.422 e. The van der Waals surface area contributed by atoms with E-state index in [4.69, 9.17) is 9.47 Å². The zero-order valence-corrected chi connectivity index (χ0v) is 11.8. The fraction of sp³-hybridized carbons (Fsp3) is 0.333. The molecule has 20 heavy (non-hydrogen) atoms. The van der Waals surface area contributed by atoms with Crippen molar-refractivity contribution in [2.45, 2.75) is 13.3 Å². The van der Waals surface area contributed by atoms with E-state index in [1.165, 1.54) is 0 Å². The van der Waals surface area contributed by atoms with E-state index in [2.05, 4.69) is 9.36 Å². The lowest BCUT2D eigenvalue weighted by Crippen LogP contribution is -1.97. The Balaban J connectivity index is 2.20. The van der Waals surface area contributed by atoms with E-state index < -0.39 is 4.92 Å².